The minimum Gasteiger partial charge on any atom is -0.477 e. The van der Waals surface area contributed by atoms with E-state index in [4.69, 9.17) is 16.3 Å². The van der Waals surface area contributed by atoms with Crippen LogP contribution in [0.4, 0.5) is 0 Å². The Kier molecular flexibility index (Phi) is 6.73. The Labute approximate surface area is 187 Å². The number of nitrogens with zero attached hydrogens (tertiary/aromatic N) is 3. The van der Waals surface area contributed by atoms with Gasteiger partial charge >= 0.3 is 0 Å². The number of nitrogens with one attached hydrogen (secondary N) is 2. The van der Waals surface area contributed by atoms with Gasteiger partial charge in [-0.15, -0.1) is 11.6 Å². The van der Waals surface area contributed by atoms with Crippen molar-refractivity contribution in [1.29, 1.82) is 0 Å². The average molecular weight is 442 g/mol. The zero-order valence-corrected chi connectivity index (χ0v) is 18.6. The number of ether oxygens (including phenoxy) is 1. The molecule has 1 aliphatic heterocycles. The molecule has 2 aliphatic rings. The summed E-state index contributed by atoms with van der Waals surface area (Å²) in [5.41, 5.74) is 2.22. The lowest BCUT2D eigenvalue weighted by Gasteiger charge is -2.22. The maximum Gasteiger partial charge on any atom is 0.257 e. The minimum absolute atomic E-state index is 0.121. The van der Waals surface area contributed by atoms with E-state index in [2.05, 4.69) is 20.6 Å². The van der Waals surface area contributed by atoms with Gasteiger partial charge in [-0.3, -0.25) is 4.79 Å². The maximum absolute atomic E-state index is 12.7. The lowest BCUT2D eigenvalue weighted by atomic mass is 9.97. The van der Waals surface area contributed by atoms with Crippen LogP contribution >= 0.6 is 11.6 Å². The maximum atomic E-state index is 12.7. The Bertz CT molecular complexity index is 976. The molecule has 1 saturated heterocycles. The first-order valence-electron chi connectivity index (χ1n) is 10.6. The van der Waals surface area contributed by atoms with Gasteiger partial charge in [0.05, 0.1) is 23.5 Å². The summed E-state index contributed by atoms with van der Waals surface area (Å²) in [6.45, 7) is 4.73. The van der Waals surface area contributed by atoms with Gasteiger partial charge in [-0.05, 0) is 57.0 Å². The highest BCUT2D eigenvalue weighted by Crippen LogP contribution is 2.30. The van der Waals surface area contributed by atoms with Crippen LogP contribution in [-0.4, -0.2) is 45.5 Å². The normalized spacial score (nSPS) is 21.6. The van der Waals surface area contributed by atoms with E-state index in [1.54, 1.807) is 18.3 Å². The molecule has 2 N–H and O–H groups in total. The van der Waals surface area contributed by atoms with Crippen LogP contribution in [0, 0.1) is 12.8 Å². The number of carbonyl (C=O) groups is 1. The largest absolute Gasteiger partial charge is 0.477 e. The fourth-order valence-electron chi connectivity index (χ4n) is 3.83. The van der Waals surface area contributed by atoms with Crippen LogP contribution in [0.5, 0.6) is 5.88 Å². The van der Waals surface area contributed by atoms with E-state index >= 15 is 0 Å². The zero-order chi connectivity index (χ0) is 21.8. The molecule has 0 radical (unpaired) electrons. The quantitative estimate of drug-likeness (QED) is 0.673. The van der Waals surface area contributed by atoms with Gasteiger partial charge in [0.2, 0.25) is 5.88 Å². The first kappa shape index (κ1) is 21.6. The van der Waals surface area contributed by atoms with Gasteiger partial charge in [0.1, 0.15) is 5.82 Å². The molecule has 2 unspecified atom stereocenters. The van der Waals surface area contributed by atoms with Crippen molar-refractivity contribution in [2.24, 2.45) is 13.0 Å². The number of amides is 1. The second-order valence-electron chi connectivity index (χ2n) is 8.11. The molecular weight excluding hydrogens is 414 g/mol. The third-order valence-corrected chi connectivity index (χ3v) is 6.32. The molecule has 0 saturated carbocycles. The molecular formula is C23H28ClN5O2. The van der Waals surface area contributed by atoms with Crippen molar-refractivity contribution in [1.82, 2.24) is 25.2 Å². The molecule has 2 aromatic heterocycles. The van der Waals surface area contributed by atoms with Crippen molar-refractivity contribution in [3.05, 3.63) is 65.5 Å². The number of aryl methyl sites for hydroxylation is 1. The summed E-state index contributed by atoms with van der Waals surface area (Å²) >= 11 is 6.50. The molecule has 3 heterocycles. The molecule has 0 aromatic carbocycles. The van der Waals surface area contributed by atoms with Crippen molar-refractivity contribution in [2.75, 3.05) is 19.7 Å². The van der Waals surface area contributed by atoms with E-state index < -0.39 is 0 Å². The van der Waals surface area contributed by atoms with Crippen molar-refractivity contribution < 1.29 is 9.53 Å². The van der Waals surface area contributed by atoms with E-state index in [1.165, 1.54) is 0 Å². The predicted molar refractivity (Wildman–Crippen MR) is 120 cm³/mol. The van der Waals surface area contributed by atoms with Crippen molar-refractivity contribution in [2.45, 2.75) is 31.1 Å². The number of pyridine rings is 1. The second-order valence-corrected chi connectivity index (χ2v) is 8.62. The average Bonchev–Trinajstić information content (AvgIpc) is 3.13. The molecule has 7 nitrogen and oxygen atoms in total. The van der Waals surface area contributed by atoms with Crippen LogP contribution in [0.25, 0.3) is 0 Å². The van der Waals surface area contributed by atoms with E-state index in [9.17, 15) is 4.79 Å². The first-order valence-corrected chi connectivity index (χ1v) is 11.1. The summed E-state index contributed by atoms with van der Waals surface area (Å²) in [4.78, 5) is 21.5. The molecule has 164 valence electrons. The van der Waals surface area contributed by atoms with Gasteiger partial charge in [-0.25, -0.2) is 9.97 Å². The highest BCUT2D eigenvalue weighted by Gasteiger charge is 2.25. The number of alkyl halides is 1. The van der Waals surface area contributed by atoms with E-state index in [-0.39, 0.29) is 17.2 Å². The van der Waals surface area contributed by atoms with Crippen LogP contribution in [0.2, 0.25) is 0 Å². The number of rotatable bonds is 6. The Morgan fingerprint density at radius 2 is 2.10 bits per heavy atom. The number of piperidine rings is 1. The summed E-state index contributed by atoms with van der Waals surface area (Å²) in [6.07, 6.45) is 11.2. The smallest absolute Gasteiger partial charge is 0.257 e. The Hall–Kier alpha value is -2.64. The van der Waals surface area contributed by atoms with E-state index in [0.29, 0.717) is 29.7 Å². The summed E-state index contributed by atoms with van der Waals surface area (Å²) in [5, 5.41) is 6.06. The first-order chi connectivity index (χ1) is 15.0. The van der Waals surface area contributed by atoms with Gasteiger partial charge in [0, 0.05) is 36.9 Å². The number of halogens is 1. The molecule has 2 atom stereocenters. The molecule has 0 bridgehead atoms. The standard InChI is InChI=1S/C23H28ClN5O2/c1-15-12-27-22(29(15)2)19-11-18(4-5-20(19)24)28-23(30)17-3-6-21(26-13-17)31-14-16-7-9-25-10-8-16/h3-6,11-13,16,19-20,25H,7-10,14H2,1-2H3,(H,28,30). The van der Waals surface area contributed by atoms with E-state index in [1.807, 2.05) is 43.0 Å². The van der Waals surface area contributed by atoms with Crippen molar-refractivity contribution in [3.63, 3.8) is 0 Å². The Balaban J connectivity index is 1.37. The topological polar surface area (TPSA) is 81.1 Å². The number of carbonyl (C=O) groups excluding carboxylic acids is 1. The van der Waals surface area contributed by atoms with Gasteiger partial charge in [0.25, 0.3) is 5.91 Å². The number of aromatic nitrogens is 3. The molecule has 1 amide bonds. The summed E-state index contributed by atoms with van der Waals surface area (Å²) in [7, 11) is 1.96. The lowest BCUT2D eigenvalue weighted by molar-refractivity contribution is 0.0966. The predicted octanol–water partition coefficient (Wildman–Crippen LogP) is 3.08. The fraction of sp³-hybridized carbons (Fsp3) is 0.435. The van der Waals surface area contributed by atoms with Gasteiger partial charge in [0.15, 0.2) is 0 Å². The number of hydrogen-bond donors (Lipinski definition) is 2. The molecule has 4 rings (SSSR count). The third-order valence-electron chi connectivity index (χ3n) is 5.90. The van der Waals surface area contributed by atoms with Gasteiger partial charge in [-0.2, -0.15) is 0 Å². The highest BCUT2D eigenvalue weighted by atomic mass is 35.5. The van der Waals surface area contributed by atoms with Gasteiger partial charge in [-0.1, -0.05) is 6.08 Å². The zero-order valence-electron chi connectivity index (χ0n) is 17.8. The molecule has 1 aliphatic carbocycles. The monoisotopic (exact) mass is 441 g/mol. The molecule has 31 heavy (non-hydrogen) atoms. The Morgan fingerprint density at radius 1 is 1.29 bits per heavy atom. The van der Waals surface area contributed by atoms with Crippen LogP contribution < -0.4 is 15.4 Å². The van der Waals surface area contributed by atoms with Crippen molar-refractivity contribution in [3.8, 4) is 5.88 Å². The summed E-state index contributed by atoms with van der Waals surface area (Å²) in [6, 6.07) is 3.48. The third kappa shape index (κ3) is 5.17. The van der Waals surface area contributed by atoms with E-state index in [0.717, 1.165) is 37.4 Å². The highest BCUT2D eigenvalue weighted by molar-refractivity contribution is 6.22. The summed E-state index contributed by atoms with van der Waals surface area (Å²) in [5.74, 6) is 1.62. The van der Waals surface area contributed by atoms with Crippen LogP contribution in [0.1, 0.15) is 40.6 Å². The van der Waals surface area contributed by atoms with Crippen molar-refractivity contribution >= 4 is 17.5 Å². The minimum atomic E-state index is -0.226. The van der Waals surface area contributed by atoms with Crippen LogP contribution in [0.3, 0.4) is 0 Å². The second kappa shape index (κ2) is 9.66. The molecule has 2 aromatic rings. The number of hydrogen-bond acceptors (Lipinski definition) is 5. The lowest BCUT2D eigenvalue weighted by Crippen LogP contribution is -2.30. The summed E-state index contributed by atoms with van der Waals surface area (Å²) < 4.78 is 7.82. The molecule has 1 fully saturated rings. The van der Waals surface area contributed by atoms with Crippen LogP contribution in [-0.2, 0) is 7.05 Å². The Morgan fingerprint density at radius 3 is 2.77 bits per heavy atom. The van der Waals surface area contributed by atoms with Crippen LogP contribution in [0.15, 0.2) is 48.5 Å². The SMILES string of the molecule is Cc1cnc(C2C=C(NC(=O)c3ccc(OCC4CCNCC4)nc3)C=CC2Cl)n1C. The molecule has 0 spiro atoms. The fourth-order valence-corrected chi connectivity index (χ4v) is 4.09. The number of allylic oxidation sites excluding steroid dienone is 3. The molecule has 8 heteroatoms. The van der Waals surface area contributed by atoms with Gasteiger partial charge < -0.3 is 19.9 Å². The number of imidazole rings is 1.